The summed E-state index contributed by atoms with van der Waals surface area (Å²) in [5.74, 6) is -1.64. The minimum Gasteiger partial charge on any atom is -0.480 e. The van der Waals surface area contributed by atoms with Crippen LogP contribution in [-0.4, -0.2) is 42.5 Å². The summed E-state index contributed by atoms with van der Waals surface area (Å²) in [6.45, 7) is 1.81. The molecule has 0 radical (unpaired) electrons. The van der Waals surface area contributed by atoms with Crippen LogP contribution in [0, 0.1) is 0 Å². The first-order chi connectivity index (χ1) is 6.54. The number of carbonyl (C=O) groups excluding carboxylic acids is 1. The smallest absolute Gasteiger partial charge is 0.321 e. The summed E-state index contributed by atoms with van der Waals surface area (Å²) < 4.78 is 9.36. The van der Waals surface area contributed by atoms with E-state index < -0.39 is 18.0 Å². The van der Waals surface area contributed by atoms with Gasteiger partial charge in [-0.2, -0.15) is 0 Å². The summed E-state index contributed by atoms with van der Waals surface area (Å²) in [6, 6.07) is -0.947. The lowest BCUT2D eigenvalue weighted by Crippen LogP contribution is -2.41. The van der Waals surface area contributed by atoms with Gasteiger partial charge in [0.15, 0.2) is 0 Å². The monoisotopic (exact) mass is 203 g/mol. The van der Waals surface area contributed by atoms with Crippen LogP contribution >= 0.6 is 0 Å². The molecule has 6 nitrogen and oxygen atoms in total. The van der Waals surface area contributed by atoms with Gasteiger partial charge in [-0.05, 0) is 6.92 Å². The molecule has 0 aliphatic carbocycles. The second-order valence-electron chi connectivity index (χ2n) is 3.10. The van der Waals surface area contributed by atoms with Crippen LogP contribution < -0.4 is 5.32 Å². The molecule has 1 aliphatic heterocycles. The van der Waals surface area contributed by atoms with Gasteiger partial charge in [-0.15, -0.1) is 0 Å². The van der Waals surface area contributed by atoms with E-state index in [9.17, 15) is 9.59 Å². The van der Waals surface area contributed by atoms with Gasteiger partial charge in [0.25, 0.3) is 0 Å². The van der Waals surface area contributed by atoms with Gasteiger partial charge in [-0.1, -0.05) is 0 Å². The van der Waals surface area contributed by atoms with E-state index in [1.165, 1.54) is 7.11 Å². The molecule has 0 saturated carbocycles. The van der Waals surface area contributed by atoms with Crippen LogP contribution in [0.3, 0.4) is 0 Å². The number of carboxylic acid groups (broad SMARTS) is 1. The Bertz CT molecular complexity index is 242. The number of nitrogens with one attached hydrogen (secondary N) is 1. The second-order valence-corrected chi connectivity index (χ2v) is 3.10. The normalized spacial score (nSPS) is 26.7. The molecule has 6 heteroatoms. The molecule has 3 atom stereocenters. The van der Waals surface area contributed by atoms with Crippen molar-refractivity contribution in [2.24, 2.45) is 0 Å². The van der Waals surface area contributed by atoms with Crippen molar-refractivity contribution in [1.29, 1.82) is 0 Å². The summed E-state index contributed by atoms with van der Waals surface area (Å²) in [5, 5.41) is 11.4. The number of methoxy groups -OCH3 is 1. The quantitative estimate of drug-likeness (QED) is 0.455. The summed E-state index contributed by atoms with van der Waals surface area (Å²) >= 11 is 0. The number of aliphatic carboxylic acids is 1. The van der Waals surface area contributed by atoms with Gasteiger partial charge in [-0.3, -0.25) is 14.9 Å². The third-order valence-electron chi connectivity index (χ3n) is 1.97. The van der Waals surface area contributed by atoms with Crippen LogP contribution in [0.1, 0.15) is 13.3 Å². The van der Waals surface area contributed by atoms with E-state index >= 15 is 0 Å². The van der Waals surface area contributed by atoms with E-state index in [1.54, 1.807) is 0 Å². The number of esters is 1. The van der Waals surface area contributed by atoms with Crippen LogP contribution in [0.5, 0.6) is 0 Å². The molecule has 3 unspecified atom stereocenters. The predicted molar refractivity (Wildman–Crippen MR) is 45.5 cm³/mol. The van der Waals surface area contributed by atoms with E-state index in [4.69, 9.17) is 9.84 Å². The van der Waals surface area contributed by atoms with Crippen molar-refractivity contribution in [3.05, 3.63) is 0 Å². The zero-order valence-electron chi connectivity index (χ0n) is 8.02. The molecule has 14 heavy (non-hydrogen) atoms. The molecular formula is C8H13NO5. The first-order valence-electron chi connectivity index (χ1n) is 4.25. The van der Waals surface area contributed by atoms with Crippen LogP contribution in [0.15, 0.2) is 0 Å². The third-order valence-corrected chi connectivity index (χ3v) is 1.97. The van der Waals surface area contributed by atoms with Crippen molar-refractivity contribution in [3.8, 4) is 0 Å². The standard InChI is InChI=1S/C8H13NO5/c1-4-7(14-4)9-5(8(11)12)3-6(10)13-2/h4-5,7,9H,3H2,1-2H3,(H,11,12). The zero-order valence-corrected chi connectivity index (χ0v) is 8.02. The summed E-state index contributed by atoms with van der Waals surface area (Å²) in [7, 11) is 1.22. The lowest BCUT2D eigenvalue weighted by molar-refractivity contribution is -0.147. The molecular weight excluding hydrogens is 190 g/mol. The Kier molecular flexibility index (Phi) is 3.43. The summed E-state index contributed by atoms with van der Waals surface area (Å²) in [6.07, 6.45) is -0.450. The SMILES string of the molecule is COC(=O)CC(NC1OC1C)C(=O)O. The molecule has 0 aromatic carbocycles. The maximum absolute atomic E-state index is 10.8. The highest BCUT2D eigenvalue weighted by Gasteiger charge is 2.38. The number of hydrogen-bond acceptors (Lipinski definition) is 5. The Morgan fingerprint density at radius 2 is 2.21 bits per heavy atom. The molecule has 0 bridgehead atoms. The van der Waals surface area contributed by atoms with E-state index in [1.807, 2.05) is 6.92 Å². The van der Waals surface area contributed by atoms with Crippen molar-refractivity contribution in [2.75, 3.05) is 7.11 Å². The molecule has 0 spiro atoms. The molecule has 1 aliphatic rings. The minimum atomic E-state index is -1.09. The van der Waals surface area contributed by atoms with Crippen LogP contribution in [0.25, 0.3) is 0 Å². The lowest BCUT2D eigenvalue weighted by Gasteiger charge is -2.10. The van der Waals surface area contributed by atoms with Crippen molar-refractivity contribution >= 4 is 11.9 Å². The number of rotatable bonds is 5. The Hall–Kier alpha value is -1.14. The second kappa shape index (κ2) is 4.39. The topological polar surface area (TPSA) is 88.2 Å². The summed E-state index contributed by atoms with van der Waals surface area (Å²) in [5.41, 5.74) is 0. The Labute approximate surface area is 81.2 Å². The maximum Gasteiger partial charge on any atom is 0.321 e. The number of carboxylic acids is 1. The van der Waals surface area contributed by atoms with E-state index in [0.717, 1.165) is 0 Å². The van der Waals surface area contributed by atoms with Gasteiger partial charge in [0.1, 0.15) is 12.3 Å². The van der Waals surface area contributed by atoms with E-state index in [0.29, 0.717) is 0 Å². The van der Waals surface area contributed by atoms with Crippen molar-refractivity contribution in [2.45, 2.75) is 31.7 Å². The van der Waals surface area contributed by atoms with Gasteiger partial charge in [0.05, 0.1) is 19.6 Å². The highest BCUT2D eigenvalue weighted by molar-refractivity contribution is 5.81. The number of epoxide rings is 1. The Morgan fingerprint density at radius 3 is 2.57 bits per heavy atom. The van der Waals surface area contributed by atoms with Gasteiger partial charge >= 0.3 is 11.9 Å². The zero-order chi connectivity index (χ0) is 10.7. The third kappa shape index (κ3) is 2.97. The maximum atomic E-state index is 10.8. The predicted octanol–water partition coefficient (Wildman–Crippen LogP) is -0.663. The molecule has 2 N–H and O–H groups in total. The van der Waals surface area contributed by atoms with Gasteiger partial charge in [0.2, 0.25) is 0 Å². The average molecular weight is 203 g/mol. The molecule has 1 saturated heterocycles. The van der Waals surface area contributed by atoms with Crippen molar-refractivity contribution < 1.29 is 24.2 Å². The average Bonchev–Trinajstić information content (AvgIpc) is 2.80. The molecule has 80 valence electrons. The first-order valence-corrected chi connectivity index (χ1v) is 4.25. The van der Waals surface area contributed by atoms with Crippen molar-refractivity contribution in [1.82, 2.24) is 5.32 Å². The Morgan fingerprint density at radius 1 is 1.64 bits per heavy atom. The molecule has 1 fully saturated rings. The van der Waals surface area contributed by atoms with Crippen LogP contribution in [0.4, 0.5) is 0 Å². The summed E-state index contributed by atoms with van der Waals surface area (Å²) in [4.78, 5) is 21.5. The fourth-order valence-corrected chi connectivity index (χ4v) is 1.03. The fraction of sp³-hybridized carbons (Fsp3) is 0.750. The van der Waals surface area contributed by atoms with E-state index in [2.05, 4.69) is 10.1 Å². The number of ether oxygens (including phenoxy) is 2. The van der Waals surface area contributed by atoms with Gasteiger partial charge < -0.3 is 14.6 Å². The highest BCUT2D eigenvalue weighted by Crippen LogP contribution is 2.18. The molecule has 0 aromatic heterocycles. The van der Waals surface area contributed by atoms with E-state index in [-0.39, 0.29) is 18.8 Å². The van der Waals surface area contributed by atoms with Gasteiger partial charge in [-0.25, -0.2) is 0 Å². The van der Waals surface area contributed by atoms with Crippen LogP contribution in [0.2, 0.25) is 0 Å². The molecule has 0 aromatic rings. The molecule has 1 rings (SSSR count). The fourth-order valence-electron chi connectivity index (χ4n) is 1.03. The minimum absolute atomic E-state index is 0.00879. The van der Waals surface area contributed by atoms with Gasteiger partial charge in [0, 0.05) is 0 Å². The first kappa shape index (κ1) is 10.9. The van der Waals surface area contributed by atoms with Crippen molar-refractivity contribution in [3.63, 3.8) is 0 Å². The highest BCUT2D eigenvalue weighted by atomic mass is 16.6. The molecule has 0 amide bonds. The molecule has 1 heterocycles. The van der Waals surface area contributed by atoms with Crippen LogP contribution in [-0.2, 0) is 19.1 Å². The Balaban J connectivity index is 2.39. The largest absolute Gasteiger partial charge is 0.480 e. The lowest BCUT2D eigenvalue weighted by atomic mass is 10.2. The number of carbonyl (C=O) groups is 2. The number of hydrogen-bond donors (Lipinski definition) is 2.